The smallest absolute Gasteiger partial charge is 0.310 e. The number of nitrogens with zero attached hydrogens (tertiary/aromatic N) is 3. The van der Waals surface area contributed by atoms with Crippen molar-refractivity contribution in [2.45, 2.75) is 96.7 Å². The number of amides is 1. The number of aliphatic hydroxyl groups excluding tert-OH is 2. The second-order valence-electron chi connectivity index (χ2n) is 14.6. The third kappa shape index (κ3) is 7.93. The van der Waals surface area contributed by atoms with Gasteiger partial charge in [0.15, 0.2) is 0 Å². The van der Waals surface area contributed by atoms with Crippen LogP contribution in [-0.2, 0) is 38.3 Å². The lowest BCUT2D eigenvalue weighted by Gasteiger charge is -2.32. The Bertz CT molecular complexity index is 2150. The van der Waals surface area contributed by atoms with E-state index in [4.69, 9.17) is 19.4 Å². The van der Waals surface area contributed by atoms with Gasteiger partial charge in [0, 0.05) is 76.9 Å². The van der Waals surface area contributed by atoms with E-state index in [1.54, 1.807) is 23.7 Å². The lowest BCUT2D eigenvalue weighted by molar-refractivity contribution is -0.139. The predicted octanol–water partition coefficient (Wildman–Crippen LogP) is 6.57. The molecule has 3 aromatic rings. The minimum absolute atomic E-state index is 0.0499. The van der Waals surface area contributed by atoms with Crippen LogP contribution in [0.15, 0.2) is 24.8 Å². The summed E-state index contributed by atoms with van der Waals surface area (Å²) in [6.45, 7) is 14.8. The van der Waals surface area contributed by atoms with Crippen molar-refractivity contribution < 1.29 is 29.3 Å². The first-order valence-electron chi connectivity index (χ1n) is 18.8. The zero-order valence-corrected chi connectivity index (χ0v) is 33.3. The van der Waals surface area contributed by atoms with Crippen LogP contribution in [0.25, 0.3) is 39.3 Å². The highest BCUT2D eigenvalue weighted by atomic mass is 32.2. The number of carbonyl (C=O) groups excluding carboxylic acids is 2. The molecule has 8 bridgehead atoms. The van der Waals surface area contributed by atoms with Gasteiger partial charge < -0.3 is 34.6 Å². The molecular formula is C42H53N5O6S. The molecule has 4 unspecified atom stereocenters. The number of ether oxygens (including phenoxy) is 2. The van der Waals surface area contributed by atoms with Gasteiger partial charge in [0.1, 0.15) is 5.44 Å². The fourth-order valence-electron chi connectivity index (χ4n) is 7.78. The number of thioether (sulfide) groups is 1. The Hall–Kier alpha value is -4.23. The van der Waals surface area contributed by atoms with Crippen LogP contribution in [0.4, 0.5) is 0 Å². The number of likely N-dealkylation sites (N-methyl/N-ethyl adjacent to an activating group) is 1. The summed E-state index contributed by atoms with van der Waals surface area (Å²) < 4.78 is 11.1. The van der Waals surface area contributed by atoms with Gasteiger partial charge in [0.2, 0.25) is 0 Å². The Morgan fingerprint density at radius 2 is 1.81 bits per heavy atom. The van der Waals surface area contributed by atoms with E-state index >= 15 is 0 Å². The van der Waals surface area contributed by atoms with Gasteiger partial charge in [-0.15, -0.1) is 11.8 Å². The summed E-state index contributed by atoms with van der Waals surface area (Å²) in [6.07, 6.45) is 3.94. The second kappa shape index (κ2) is 16.6. The Morgan fingerprint density at radius 1 is 1.07 bits per heavy atom. The van der Waals surface area contributed by atoms with E-state index in [1.165, 1.54) is 7.11 Å². The first-order chi connectivity index (χ1) is 25.9. The number of hydrogen-bond acceptors (Lipinski definition) is 9. The molecule has 1 amide bonds. The quantitative estimate of drug-likeness (QED) is 0.126. The van der Waals surface area contributed by atoms with Crippen molar-refractivity contribution in [1.82, 2.24) is 24.8 Å². The summed E-state index contributed by atoms with van der Waals surface area (Å²) in [5, 5.41) is 19.8. The first kappa shape index (κ1) is 39.5. The molecule has 0 radical (unpaired) electrons. The molecule has 6 heterocycles. The Balaban J connectivity index is 1.49. The van der Waals surface area contributed by atoms with Crippen LogP contribution in [-0.4, -0.2) is 97.6 Å². The minimum Gasteiger partial charge on any atom is -0.469 e. The summed E-state index contributed by atoms with van der Waals surface area (Å²) in [5.74, 6) is 0.135. The number of allylic oxidation sites excluding steroid dienone is 1. The van der Waals surface area contributed by atoms with E-state index in [1.807, 2.05) is 19.1 Å². The molecule has 4 atom stereocenters. The molecule has 3 aliphatic heterocycles. The van der Waals surface area contributed by atoms with Crippen LogP contribution in [0.5, 0.6) is 0 Å². The fourth-order valence-corrected chi connectivity index (χ4v) is 8.94. The van der Waals surface area contributed by atoms with Crippen molar-refractivity contribution >= 4 is 62.9 Å². The molecule has 6 rings (SSSR count). The van der Waals surface area contributed by atoms with Crippen molar-refractivity contribution in [3.63, 3.8) is 0 Å². The third-order valence-electron chi connectivity index (χ3n) is 11.0. The number of aliphatic hydroxyl groups is 2. The standard InChI is InChI=1S/C42H53N5O6S/c1-9-28-23(4)32-18-31-22(3)14-35(43-31)30(17-38(50)52-8)41-40(42(51)47(7)12-11-13-54-39-16-26(49)15-27(21-48)53-39)25(6)34(46-41)20-37-29(10-2)24(5)33(45-37)19-36(28)44-32/h9,18-20,22,26-27,39,44-45,48-49H,1,10-17,21H2,2-8H3. The van der Waals surface area contributed by atoms with Gasteiger partial charge >= 0.3 is 5.97 Å². The molecule has 0 aliphatic carbocycles. The van der Waals surface area contributed by atoms with Crippen molar-refractivity contribution in [2.75, 3.05) is 33.1 Å². The van der Waals surface area contributed by atoms with E-state index in [9.17, 15) is 19.8 Å². The number of esters is 1. The first-order valence-corrected chi connectivity index (χ1v) is 19.9. The van der Waals surface area contributed by atoms with E-state index in [0.717, 1.165) is 62.0 Å². The number of aryl methyl sites for hydroxylation is 3. The average Bonchev–Trinajstić information content (AvgIpc) is 3.85. The van der Waals surface area contributed by atoms with E-state index in [2.05, 4.69) is 56.4 Å². The number of aromatic amines is 2. The summed E-state index contributed by atoms with van der Waals surface area (Å²) in [5.41, 5.74) is 12.4. The van der Waals surface area contributed by atoms with Gasteiger partial charge in [0.25, 0.3) is 5.91 Å². The molecule has 1 saturated heterocycles. The summed E-state index contributed by atoms with van der Waals surface area (Å²) in [4.78, 5) is 46.9. The summed E-state index contributed by atoms with van der Waals surface area (Å²) >= 11 is 1.59. The van der Waals surface area contributed by atoms with Crippen LogP contribution in [0.2, 0.25) is 0 Å². The van der Waals surface area contributed by atoms with Gasteiger partial charge in [-0.2, -0.15) is 0 Å². The molecule has 3 aromatic heterocycles. The fraction of sp³-hybridized carbons (Fsp3) is 0.476. The third-order valence-corrected chi connectivity index (χ3v) is 12.2. The van der Waals surface area contributed by atoms with Gasteiger partial charge in [-0.25, -0.2) is 4.98 Å². The van der Waals surface area contributed by atoms with E-state index < -0.39 is 12.1 Å². The van der Waals surface area contributed by atoms with Gasteiger partial charge in [-0.05, 0) is 86.2 Å². The SMILES string of the molecule is C=Cc1c(C)c2cc3nc(c(CC(=O)OC)c4nc(cc5[nH]c(cc1[nH]2)c(C)c5CC)C(C)=C4C(=O)N(C)CCCSC1CC(O)CC(CO)O1)CC3C. The molecule has 12 heteroatoms. The van der Waals surface area contributed by atoms with Gasteiger partial charge in [0.05, 0.1) is 49.3 Å². The lowest BCUT2D eigenvalue weighted by Crippen LogP contribution is -2.36. The van der Waals surface area contributed by atoms with E-state index in [0.29, 0.717) is 66.2 Å². The molecule has 1 fully saturated rings. The molecular weight excluding hydrogens is 703 g/mol. The van der Waals surface area contributed by atoms with Crippen molar-refractivity contribution in [3.05, 3.63) is 75.4 Å². The monoisotopic (exact) mass is 755 g/mol. The van der Waals surface area contributed by atoms with Crippen molar-refractivity contribution in [1.29, 1.82) is 0 Å². The highest BCUT2D eigenvalue weighted by Gasteiger charge is 2.32. The Labute approximate surface area is 321 Å². The Morgan fingerprint density at radius 3 is 2.52 bits per heavy atom. The van der Waals surface area contributed by atoms with Crippen LogP contribution >= 0.6 is 11.8 Å². The number of fused-ring (bicyclic) bond motifs is 8. The highest BCUT2D eigenvalue weighted by molar-refractivity contribution is 7.99. The number of hydrogen-bond donors (Lipinski definition) is 4. The highest BCUT2D eigenvalue weighted by Crippen LogP contribution is 2.37. The largest absolute Gasteiger partial charge is 0.469 e. The molecule has 0 spiro atoms. The van der Waals surface area contributed by atoms with Crippen molar-refractivity contribution in [2.24, 2.45) is 0 Å². The molecule has 11 nitrogen and oxygen atoms in total. The molecule has 54 heavy (non-hydrogen) atoms. The summed E-state index contributed by atoms with van der Waals surface area (Å²) in [7, 11) is 3.15. The zero-order chi connectivity index (χ0) is 38.8. The van der Waals surface area contributed by atoms with Crippen molar-refractivity contribution in [3.8, 4) is 0 Å². The predicted molar refractivity (Wildman–Crippen MR) is 216 cm³/mol. The van der Waals surface area contributed by atoms with Gasteiger partial charge in [-0.3, -0.25) is 14.6 Å². The number of H-pyrrole nitrogens is 2. The lowest BCUT2D eigenvalue weighted by atomic mass is 9.96. The van der Waals surface area contributed by atoms with Gasteiger partial charge in [-0.1, -0.05) is 26.5 Å². The van der Waals surface area contributed by atoms with Crippen LogP contribution in [0, 0.1) is 13.8 Å². The average molecular weight is 756 g/mol. The van der Waals surface area contributed by atoms with E-state index in [-0.39, 0.29) is 36.4 Å². The normalized spacial score (nSPS) is 19.9. The second-order valence-corrected chi connectivity index (χ2v) is 15.9. The number of aromatic nitrogens is 4. The molecule has 288 valence electrons. The summed E-state index contributed by atoms with van der Waals surface area (Å²) in [6, 6.07) is 6.22. The van der Waals surface area contributed by atoms with Crippen LogP contribution < -0.4 is 0 Å². The topological polar surface area (TPSA) is 154 Å². The molecule has 0 aromatic carbocycles. The number of carbonyl (C=O) groups is 2. The molecule has 4 N–H and O–H groups in total. The number of rotatable bonds is 11. The van der Waals surface area contributed by atoms with Crippen LogP contribution in [0.1, 0.15) is 96.5 Å². The minimum atomic E-state index is -0.500. The molecule has 0 saturated carbocycles. The molecule has 3 aliphatic rings. The zero-order valence-electron chi connectivity index (χ0n) is 32.5. The maximum atomic E-state index is 14.6. The van der Waals surface area contributed by atoms with Crippen LogP contribution in [0.3, 0.4) is 0 Å². The number of nitrogens with one attached hydrogen (secondary N) is 2. The Kier molecular flexibility index (Phi) is 12.2. The number of methoxy groups -OCH3 is 1. The maximum Gasteiger partial charge on any atom is 0.310 e. The maximum absolute atomic E-state index is 14.6.